The standard InChI is InChI=1S/C22H28N2O/c1-17-7-2-5-12-21(17)23-13-15-24(16-14-23)22(25)20-11-6-9-18-8-3-4-10-19(18)20/h3-4,6,8-11,17,21H,2,5,7,12-16H2,1H3/t17-,21-/m1/s1. The molecule has 132 valence electrons. The van der Waals surface area contributed by atoms with E-state index in [0.717, 1.165) is 54.5 Å². The fraction of sp³-hybridized carbons (Fsp3) is 0.500. The maximum Gasteiger partial charge on any atom is 0.254 e. The van der Waals surface area contributed by atoms with Crippen molar-refractivity contribution in [3.63, 3.8) is 0 Å². The number of piperazine rings is 1. The minimum atomic E-state index is 0.188. The monoisotopic (exact) mass is 336 g/mol. The molecule has 1 aliphatic heterocycles. The molecule has 4 rings (SSSR count). The molecule has 3 heteroatoms. The van der Waals surface area contributed by atoms with Gasteiger partial charge in [-0.05, 0) is 35.6 Å². The maximum absolute atomic E-state index is 13.1. The number of rotatable bonds is 2. The number of fused-ring (bicyclic) bond motifs is 1. The molecule has 0 spiro atoms. The molecule has 1 aliphatic carbocycles. The van der Waals surface area contributed by atoms with Crippen molar-refractivity contribution in [2.75, 3.05) is 26.2 Å². The highest BCUT2D eigenvalue weighted by atomic mass is 16.2. The van der Waals surface area contributed by atoms with E-state index in [1.54, 1.807) is 0 Å². The quantitative estimate of drug-likeness (QED) is 0.821. The summed E-state index contributed by atoms with van der Waals surface area (Å²) < 4.78 is 0. The van der Waals surface area contributed by atoms with Crippen LogP contribution >= 0.6 is 0 Å². The van der Waals surface area contributed by atoms with Crippen molar-refractivity contribution in [2.45, 2.75) is 38.6 Å². The van der Waals surface area contributed by atoms with Gasteiger partial charge in [0.05, 0.1) is 0 Å². The second-order valence-corrected chi connectivity index (χ2v) is 7.68. The van der Waals surface area contributed by atoms with E-state index in [4.69, 9.17) is 0 Å². The molecular formula is C22H28N2O. The summed E-state index contributed by atoms with van der Waals surface area (Å²) in [5, 5.41) is 2.21. The van der Waals surface area contributed by atoms with Gasteiger partial charge in [-0.1, -0.05) is 56.2 Å². The molecule has 1 saturated heterocycles. The zero-order valence-corrected chi connectivity index (χ0v) is 15.2. The van der Waals surface area contributed by atoms with E-state index in [2.05, 4.69) is 30.0 Å². The van der Waals surface area contributed by atoms with E-state index >= 15 is 0 Å². The molecule has 2 atom stereocenters. The Morgan fingerprint density at radius 3 is 2.44 bits per heavy atom. The average Bonchev–Trinajstić information content (AvgIpc) is 2.67. The highest BCUT2D eigenvalue weighted by Crippen LogP contribution is 2.29. The first kappa shape index (κ1) is 16.6. The number of carbonyl (C=O) groups is 1. The second kappa shape index (κ2) is 7.17. The summed E-state index contributed by atoms with van der Waals surface area (Å²) in [4.78, 5) is 17.8. The number of carbonyl (C=O) groups excluding carboxylic acids is 1. The second-order valence-electron chi connectivity index (χ2n) is 7.68. The third kappa shape index (κ3) is 3.30. The Morgan fingerprint density at radius 1 is 0.920 bits per heavy atom. The van der Waals surface area contributed by atoms with E-state index in [-0.39, 0.29) is 5.91 Å². The van der Waals surface area contributed by atoms with Crippen molar-refractivity contribution in [3.8, 4) is 0 Å². The van der Waals surface area contributed by atoms with Crippen molar-refractivity contribution >= 4 is 16.7 Å². The van der Waals surface area contributed by atoms with Crippen molar-refractivity contribution in [3.05, 3.63) is 48.0 Å². The molecule has 2 aromatic carbocycles. The zero-order chi connectivity index (χ0) is 17.2. The van der Waals surface area contributed by atoms with Crippen LogP contribution in [0.3, 0.4) is 0 Å². The number of nitrogens with zero attached hydrogens (tertiary/aromatic N) is 2. The molecular weight excluding hydrogens is 308 g/mol. The predicted molar refractivity (Wildman–Crippen MR) is 103 cm³/mol. The summed E-state index contributed by atoms with van der Waals surface area (Å²) in [5.74, 6) is 0.988. The van der Waals surface area contributed by atoms with Gasteiger partial charge in [0, 0.05) is 37.8 Å². The number of benzene rings is 2. The van der Waals surface area contributed by atoms with E-state index in [0.29, 0.717) is 0 Å². The Labute approximate surface area is 150 Å². The van der Waals surface area contributed by atoms with Gasteiger partial charge in [-0.25, -0.2) is 0 Å². The van der Waals surface area contributed by atoms with Crippen LogP contribution in [0.15, 0.2) is 42.5 Å². The van der Waals surface area contributed by atoms with Gasteiger partial charge in [0.2, 0.25) is 0 Å². The molecule has 2 aliphatic rings. The highest BCUT2D eigenvalue weighted by molar-refractivity contribution is 6.07. The van der Waals surface area contributed by atoms with Gasteiger partial charge in [0.15, 0.2) is 0 Å². The number of hydrogen-bond acceptors (Lipinski definition) is 2. The van der Waals surface area contributed by atoms with E-state index in [9.17, 15) is 4.79 Å². The molecule has 0 aromatic heterocycles. The minimum absolute atomic E-state index is 0.188. The zero-order valence-electron chi connectivity index (χ0n) is 15.2. The summed E-state index contributed by atoms with van der Waals surface area (Å²) in [6, 6.07) is 15.0. The lowest BCUT2D eigenvalue weighted by Gasteiger charge is -2.43. The summed E-state index contributed by atoms with van der Waals surface area (Å²) in [6.07, 6.45) is 5.44. The molecule has 3 nitrogen and oxygen atoms in total. The van der Waals surface area contributed by atoms with Crippen LogP contribution in [0.2, 0.25) is 0 Å². The Kier molecular flexibility index (Phi) is 4.76. The molecule has 25 heavy (non-hydrogen) atoms. The van der Waals surface area contributed by atoms with Gasteiger partial charge in [-0.2, -0.15) is 0 Å². The highest BCUT2D eigenvalue weighted by Gasteiger charge is 2.31. The van der Waals surface area contributed by atoms with Crippen LogP contribution in [0.1, 0.15) is 43.0 Å². The fourth-order valence-corrected chi connectivity index (χ4v) is 4.68. The Morgan fingerprint density at radius 2 is 1.64 bits per heavy atom. The molecule has 1 heterocycles. The van der Waals surface area contributed by atoms with E-state index in [1.165, 1.54) is 25.7 Å². The van der Waals surface area contributed by atoms with Gasteiger partial charge in [-0.3, -0.25) is 9.69 Å². The largest absolute Gasteiger partial charge is 0.336 e. The van der Waals surface area contributed by atoms with Gasteiger partial charge in [0.1, 0.15) is 0 Å². The van der Waals surface area contributed by atoms with Crippen molar-refractivity contribution < 1.29 is 4.79 Å². The van der Waals surface area contributed by atoms with E-state index < -0.39 is 0 Å². The lowest BCUT2D eigenvalue weighted by molar-refractivity contribution is 0.0424. The van der Waals surface area contributed by atoms with Crippen LogP contribution in [0, 0.1) is 5.92 Å². The summed E-state index contributed by atoms with van der Waals surface area (Å²) >= 11 is 0. The molecule has 0 radical (unpaired) electrons. The van der Waals surface area contributed by atoms with Crippen LogP contribution in [-0.4, -0.2) is 47.9 Å². The average molecular weight is 336 g/mol. The van der Waals surface area contributed by atoms with Crippen LogP contribution in [0.25, 0.3) is 10.8 Å². The molecule has 0 unspecified atom stereocenters. The third-order valence-corrected chi connectivity index (χ3v) is 6.16. The number of amides is 1. The first-order chi connectivity index (χ1) is 12.2. The van der Waals surface area contributed by atoms with Gasteiger partial charge in [-0.15, -0.1) is 0 Å². The smallest absolute Gasteiger partial charge is 0.254 e. The summed E-state index contributed by atoms with van der Waals surface area (Å²) in [6.45, 7) is 6.14. The lowest BCUT2D eigenvalue weighted by Crippen LogP contribution is -2.54. The summed E-state index contributed by atoms with van der Waals surface area (Å²) in [5.41, 5.74) is 0.845. The fourth-order valence-electron chi connectivity index (χ4n) is 4.68. The Hall–Kier alpha value is -1.87. The third-order valence-electron chi connectivity index (χ3n) is 6.16. The first-order valence-corrected chi connectivity index (χ1v) is 9.75. The summed E-state index contributed by atoms with van der Waals surface area (Å²) in [7, 11) is 0. The van der Waals surface area contributed by atoms with Crippen molar-refractivity contribution in [1.29, 1.82) is 0 Å². The predicted octanol–water partition coefficient (Wildman–Crippen LogP) is 4.18. The Bertz CT molecular complexity index is 743. The van der Waals surface area contributed by atoms with Crippen molar-refractivity contribution in [1.82, 2.24) is 9.80 Å². The van der Waals surface area contributed by atoms with Crippen LogP contribution < -0.4 is 0 Å². The minimum Gasteiger partial charge on any atom is -0.336 e. The molecule has 1 amide bonds. The lowest BCUT2D eigenvalue weighted by atomic mass is 9.84. The molecule has 2 aromatic rings. The van der Waals surface area contributed by atoms with Gasteiger partial charge in [0.25, 0.3) is 5.91 Å². The van der Waals surface area contributed by atoms with Crippen LogP contribution in [-0.2, 0) is 0 Å². The topological polar surface area (TPSA) is 23.6 Å². The molecule has 1 saturated carbocycles. The molecule has 2 fully saturated rings. The van der Waals surface area contributed by atoms with Crippen LogP contribution in [0.5, 0.6) is 0 Å². The Balaban J connectivity index is 1.46. The van der Waals surface area contributed by atoms with E-state index in [1.807, 2.05) is 29.2 Å². The number of hydrogen-bond donors (Lipinski definition) is 0. The van der Waals surface area contributed by atoms with Gasteiger partial charge < -0.3 is 4.90 Å². The maximum atomic E-state index is 13.1. The molecule has 0 bridgehead atoms. The van der Waals surface area contributed by atoms with Crippen molar-refractivity contribution in [2.24, 2.45) is 5.92 Å². The molecule has 0 N–H and O–H groups in total. The normalized spacial score (nSPS) is 25.2. The first-order valence-electron chi connectivity index (χ1n) is 9.75. The SMILES string of the molecule is C[C@@H]1CCCC[C@H]1N1CCN(C(=O)c2cccc3ccccc23)CC1. The van der Waals surface area contributed by atoms with Gasteiger partial charge >= 0.3 is 0 Å². The van der Waals surface area contributed by atoms with Crippen LogP contribution in [0.4, 0.5) is 0 Å².